The van der Waals surface area contributed by atoms with Crippen LogP contribution in [0.1, 0.15) is 12.5 Å². The van der Waals surface area contributed by atoms with E-state index in [9.17, 15) is 9.18 Å². The second-order valence-corrected chi connectivity index (χ2v) is 5.81. The monoisotopic (exact) mass is 359 g/mol. The fourth-order valence-electron chi connectivity index (χ4n) is 2.66. The number of fused-ring (bicyclic) bond motifs is 1. The summed E-state index contributed by atoms with van der Waals surface area (Å²) in [5.74, 6) is -1.12. The first-order valence-electron chi connectivity index (χ1n) is 7.65. The zero-order valence-electron chi connectivity index (χ0n) is 13.4. The van der Waals surface area contributed by atoms with Crippen LogP contribution >= 0.6 is 11.6 Å². The predicted octanol–water partition coefficient (Wildman–Crippen LogP) is 5.34. The highest BCUT2D eigenvalue weighted by Gasteiger charge is 2.14. The normalized spacial score (nSPS) is 11.3. The predicted molar refractivity (Wildman–Crippen MR) is 95.8 cm³/mol. The Kier molecular flexibility index (Phi) is 4.76. The Bertz CT molecular complexity index is 978. The minimum Gasteiger partial charge on any atom is -0.478 e. The molecule has 0 spiro atoms. The summed E-state index contributed by atoms with van der Waals surface area (Å²) in [6.45, 7) is 2.69. The number of benzene rings is 2. The Morgan fingerprint density at radius 1 is 1.32 bits per heavy atom. The van der Waals surface area contributed by atoms with Crippen molar-refractivity contribution in [1.82, 2.24) is 4.57 Å². The molecule has 1 heterocycles. The fourth-order valence-corrected chi connectivity index (χ4v) is 2.82. The van der Waals surface area contributed by atoms with Crippen LogP contribution in [0.25, 0.3) is 17.0 Å². The lowest BCUT2D eigenvalue weighted by molar-refractivity contribution is -0.131. The van der Waals surface area contributed by atoms with Crippen LogP contribution in [-0.2, 0) is 11.3 Å². The van der Waals surface area contributed by atoms with Crippen molar-refractivity contribution in [2.45, 2.75) is 13.5 Å². The highest BCUT2D eigenvalue weighted by Crippen LogP contribution is 2.35. The number of nitrogens with zero attached hydrogens (tertiary/aromatic N) is 1. The molecule has 0 saturated heterocycles. The Balaban J connectivity index is 2.14. The van der Waals surface area contributed by atoms with E-state index >= 15 is 0 Å². The van der Waals surface area contributed by atoms with Crippen molar-refractivity contribution in [3.8, 4) is 11.5 Å². The molecule has 1 N–H and O–H groups in total. The average Bonchev–Trinajstić information content (AvgIpc) is 2.94. The van der Waals surface area contributed by atoms with Gasteiger partial charge < -0.3 is 14.4 Å². The third-order valence-corrected chi connectivity index (χ3v) is 3.99. The van der Waals surface area contributed by atoms with E-state index in [1.165, 1.54) is 18.2 Å². The molecule has 0 aliphatic carbocycles. The van der Waals surface area contributed by atoms with Gasteiger partial charge in [0.2, 0.25) is 0 Å². The van der Waals surface area contributed by atoms with E-state index in [-0.39, 0.29) is 10.8 Å². The van der Waals surface area contributed by atoms with E-state index in [0.717, 1.165) is 17.0 Å². The number of hydrogen-bond acceptors (Lipinski definition) is 2. The molecule has 0 aliphatic heterocycles. The van der Waals surface area contributed by atoms with Crippen LogP contribution in [0.3, 0.4) is 0 Å². The quantitative estimate of drug-likeness (QED) is 0.625. The Morgan fingerprint density at radius 2 is 2.12 bits per heavy atom. The smallest absolute Gasteiger partial charge is 0.328 e. The number of ether oxygens (including phenoxy) is 1. The van der Waals surface area contributed by atoms with E-state index in [2.05, 4.69) is 0 Å². The minimum absolute atomic E-state index is 0.0503. The lowest BCUT2D eigenvalue weighted by Gasteiger charge is -2.09. The van der Waals surface area contributed by atoms with Gasteiger partial charge in [0, 0.05) is 34.8 Å². The van der Waals surface area contributed by atoms with E-state index < -0.39 is 11.8 Å². The van der Waals surface area contributed by atoms with Crippen molar-refractivity contribution in [3.05, 3.63) is 65.1 Å². The van der Waals surface area contributed by atoms with Crippen LogP contribution in [0.4, 0.5) is 4.39 Å². The van der Waals surface area contributed by atoms with Gasteiger partial charge in [0.1, 0.15) is 5.75 Å². The Hall–Kier alpha value is -2.79. The summed E-state index contributed by atoms with van der Waals surface area (Å²) < 4.78 is 21.8. The van der Waals surface area contributed by atoms with Crippen LogP contribution < -0.4 is 4.74 Å². The minimum atomic E-state index is -1.04. The molecule has 2 aromatic carbocycles. The van der Waals surface area contributed by atoms with Gasteiger partial charge in [0.15, 0.2) is 11.6 Å². The van der Waals surface area contributed by atoms with Gasteiger partial charge in [-0.15, -0.1) is 0 Å². The summed E-state index contributed by atoms with van der Waals surface area (Å²) in [6, 6.07) is 9.61. The number of aromatic nitrogens is 1. The highest BCUT2D eigenvalue weighted by atomic mass is 35.5. The molecule has 0 amide bonds. The number of carboxylic acid groups (broad SMARTS) is 1. The van der Waals surface area contributed by atoms with Gasteiger partial charge >= 0.3 is 5.97 Å². The first-order chi connectivity index (χ1) is 12.0. The van der Waals surface area contributed by atoms with E-state index in [4.69, 9.17) is 21.4 Å². The first-order valence-corrected chi connectivity index (χ1v) is 8.03. The van der Waals surface area contributed by atoms with Gasteiger partial charge in [-0.1, -0.05) is 17.7 Å². The zero-order valence-corrected chi connectivity index (χ0v) is 14.1. The number of halogens is 2. The fraction of sp³-hybridized carbons (Fsp3) is 0.105. The molecule has 4 nitrogen and oxygen atoms in total. The Morgan fingerprint density at radius 3 is 2.80 bits per heavy atom. The van der Waals surface area contributed by atoms with Gasteiger partial charge in [-0.2, -0.15) is 0 Å². The van der Waals surface area contributed by atoms with E-state index in [0.29, 0.717) is 17.9 Å². The van der Waals surface area contributed by atoms with E-state index in [1.807, 2.05) is 29.8 Å². The average molecular weight is 360 g/mol. The maximum atomic E-state index is 14.1. The largest absolute Gasteiger partial charge is 0.478 e. The summed E-state index contributed by atoms with van der Waals surface area (Å²) in [4.78, 5) is 10.9. The van der Waals surface area contributed by atoms with Crippen LogP contribution in [0.15, 0.2) is 48.7 Å². The van der Waals surface area contributed by atoms with Crippen molar-refractivity contribution in [1.29, 1.82) is 0 Å². The maximum Gasteiger partial charge on any atom is 0.328 e. The molecular formula is C19H15ClFNO3. The molecule has 0 fully saturated rings. The van der Waals surface area contributed by atoms with Crippen molar-refractivity contribution in [2.24, 2.45) is 0 Å². The molecule has 6 heteroatoms. The second-order valence-electron chi connectivity index (χ2n) is 5.37. The zero-order chi connectivity index (χ0) is 18.0. The van der Waals surface area contributed by atoms with E-state index in [1.54, 1.807) is 12.1 Å². The third-order valence-electron chi connectivity index (χ3n) is 3.76. The molecule has 0 bridgehead atoms. The van der Waals surface area contributed by atoms with Gasteiger partial charge in [-0.3, -0.25) is 0 Å². The molecule has 0 radical (unpaired) electrons. The summed E-state index contributed by atoms with van der Waals surface area (Å²) >= 11 is 5.77. The Labute approximate surface area is 148 Å². The van der Waals surface area contributed by atoms with Gasteiger partial charge in [-0.05, 0) is 43.3 Å². The first kappa shape index (κ1) is 17.0. The second kappa shape index (κ2) is 6.99. The summed E-state index contributed by atoms with van der Waals surface area (Å²) in [5, 5.41) is 9.89. The molecule has 3 rings (SSSR count). The topological polar surface area (TPSA) is 51.5 Å². The van der Waals surface area contributed by atoms with Crippen LogP contribution in [0.2, 0.25) is 5.02 Å². The number of aliphatic carboxylic acids is 1. The lowest BCUT2D eigenvalue weighted by atomic mass is 10.1. The molecule has 0 saturated carbocycles. The number of hydrogen-bond donors (Lipinski definition) is 1. The van der Waals surface area contributed by atoms with Crippen molar-refractivity contribution < 1.29 is 19.0 Å². The van der Waals surface area contributed by atoms with Crippen molar-refractivity contribution >= 4 is 34.5 Å². The molecule has 3 aromatic rings. The van der Waals surface area contributed by atoms with Crippen molar-refractivity contribution in [2.75, 3.05) is 0 Å². The number of carbonyl (C=O) groups is 1. The molecule has 1 aromatic heterocycles. The molecular weight excluding hydrogens is 345 g/mol. The molecule has 0 unspecified atom stereocenters. The van der Waals surface area contributed by atoms with Crippen LogP contribution in [-0.4, -0.2) is 15.6 Å². The molecule has 128 valence electrons. The maximum absolute atomic E-state index is 14.1. The van der Waals surface area contributed by atoms with Gasteiger partial charge in [-0.25, -0.2) is 9.18 Å². The number of rotatable bonds is 5. The SMILES string of the molecule is CCn1cc(C=CC(=O)O)c2c(Oc3ccc(Cl)cc3F)cccc21. The highest BCUT2D eigenvalue weighted by molar-refractivity contribution is 6.30. The van der Waals surface area contributed by atoms with Crippen LogP contribution in [0.5, 0.6) is 11.5 Å². The summed E-state index contributed by atoms with van der Waals surface area (Å²) in [7, 11) is 0. The summed E-state index contributed by atoms with van der Waals surface area (Å²) in [6.07, 6.45) is 4.41. The van der Waals surface area contributed by atoms with Crippen LogP contribution in [0, 0.1) is 5.82 Å². The molecule has 0 aliphatic rings. The van der Waals surface area contributed by atoms with Crippen molar-refractivity contribution in [3.63, 3.8) is 0 Å². The standard InChI is InChI=1S/C19H15ClFNO3/c1-2-22-11-12(6-9-18(23)24)19-15(22)4-3-5-17(19)25-16-8-7-13(20)10-14(16)21/h3-11H,2H2,1H3,(H,23,24). The number of aryl methyl sites for hydroxylation is 1. The summed E-state index contributed by atoms with van der Waals surface area (Å²) in [5.41, 5.74) is 1.56. The lowest BCUT2D eigenvalue weighted by Crippen LogP contribution is -1.92. The number of carboxylic acids is 1. The molecule has 25 heavy (non-hydrogen) atoms. The van der Waals surface area contributed by atoms with Gasteiger partial charge in [0.25, 0.3) is 0 Å². The van der Waals surface area contributed by atoms with Gasteiger partial charge in [0.05, 0.1) is 5.52 Å². The molecule has 0 atom stereocenters. The third kappa shape index (κ3) is 3.51.